The second-order valence-electron chi connectivity index (χ2n) is 6.73. The summed E-state index contributed by atoms with van der Waals surface area (Å²) in [7, 11) is 3.30. The molecule has 0 aliphatic carbocycles. The Labute approximate surface area is 151 Å². The van der Waals surface area contributed by atoms with Gasteiger partial charge in [-0.15, -0.1) is 0 Å². The first-order chi connectivity index (χ1) is 12.1. The van der Waals surface area contributed by atoms with E-state index in [1.165, 1.54) is 38.5 Å². The number of rotatable bonds is 11. The first-order valence-corrected chi connectivity index (χ1v) is 9.50. The number of nitrogens with two attached hydrogens (primary N) is 1. The zero-order valence-corrected chi connectivity index (χ0v) is 16.2. The summed E-state index contributed by atoms with van der Waals surface area (Å²) < 4.78 is 13.1. The van der Waals surface area contributed by atoms with Gasteiger partial charge >= 0.3 is 0 Å². The van der Waals surface area contributed by atoms with E-state index in [-0.39, 0.29) is 6.04 Å². The van der Waals surface area contributed by atoms with Crippen molar-refractivity contribution in [3.05, 3.63) is 18.0 Å². The van der Waals surface area contributed by atoms with E-state index in [9.17, 15) is 0 Å². The molecule has 0 saturated carbocycles. The molecule has 1 aromatic carbocycles. The average Bonchev–Trinajstić information content (AvgIpc) is 2.97. The Kier molecular flexibility index (Phi) is 7.56. The van der Waals surface area contributed by atoms with Crippen LogP contribution < -0.4 is 15.2 Å². The highest BCUT2D eigenvalue weighted by Gasteiger charge is 2.17. The Morgan fingerprint density at radius 2 is 1.60 bits per heavy atom. The standard InChI is InChI=1S/C20H33N3O2/c1-5-6-7-8-9-10-11-12-23-17-14-19(25-4)18(24-3)13-16(17)22-20(23)15(2)21/h13-15H,5-12,21H2,1-4H3. The minimum atomic E-state index is -0.103. The van der Waals surface area contributed by atoms with Gasteiger partial charge in [-0.05, 0) is 13.3 Å². The van der Waals surface area contributed by atoms with Crippen molar-refractivity contribution in [1.29, 1.82) is 0 Å². The van der Waals surface area contributed by atoms with Gasteiger partial charge in [0.25, 0.3) is 0 Å². The predicted octanol–water partition coefficient (Wildman–Crippen LogP) is 4.82. The van der Waals surface area contributed by atoms with Crippen molar-refractivity contribution in [3.63, 3.8) is 0 Å². The van der Waals surface area contributed by atoms with E-state index in [4.69, 9.17) is 20.2 Å². The zero-order valence-electron chi connectivity index (χ0n) is 16.2. The van der Waals surface area contributed by atoms with E-state index in [1.54, 1.807) is 14.2 Å². The quantitative estimate of drug-likeness (QED) is 0.592. The summed E-state index contributed by atoms with van der Waals surface area (Å²) in [5.41, 5.74) is 8.13. The molecule has 1 heterocycles. The van der Waals surface area contributed by atoms with E-state index in [0.717, 1.165) is 35.6 Å². The fraction of sp³-hybridized carbons (Fsp3) is 0.650. The maximum absolute atomic E-state index is 6.16. The molecule has 5 heteroatoms. The number of hydrogen-bond acceptors (Lipinski definition) is 4. The van der Waals surface area contributed by atoms with Gasteiger partial charge in [-0.2, -0.15) is 0 Å². The number of nitrogens with zero attached hydrogens (tertiary/aromatic N) is 2. The first kappa shape index (κ1) is 19.6. The van der Waals surface area contributed by atoms with Crippen LogP contribution in [0.3, 0.4) is 0 Å². The van der Waals surface area contributed by atoms with Crippen LogP contribution in [0.5, 0.6) is 11.5 Å². The third-order valence-electron chi connectivity index (χ3n) is 4.68. The van der Waals surface area contributed by atoms with Crippen LogP contribution in [-0.4, -0.2) is 23.8 Å². The molecule has 2 N–H and O–H groups in total. The second-order valence-corrected chi connectivity index (χ2v) is 6.73. The van der Waals surface area contributed by atoms with Gasteiger partial charge in [0.05, 0.1) is 31.3 Å². The van der Waals surface area contributed by atoms with E-state index < -0.39 is 0 Å². The highest BCUT2D eigenvalue weighted by molar-refractivity contribution is 5.80. The van der Waals surface area contributed by atoms with E-state index in [2.05, 4.69) is 11.5 Å². The molecule has 0 bridgehead atoms. The number of hydrogen-bond donors (Lipinski definition) is 1. The third kappa shape index (κ3) is 4.88. The molecular formula is C20H33N3O2. The maximum atomic E-state index is 6.16. The lowest BCUT2D eigenvalue weighted by atomic mass is 10.1. The fourth-order valence-corrected chi connectivity index (χ4v) is 3.28. The topological polar surface area (TPSA) is 62.3 Å². The number of aryl methyl sites for hydroxylation is 1. The van der Waals surface area contributed by atoms with Crippen molar-refractivity contribution in [1.82, 2.24) is 9.55 Å². The molecule has 0 fully saturated rings. The molecule has 0 saturated heterocycles. The molecule has 0 aliphatic rings. The number of aromatic nitrogens is 2. The molecule has 0 amide bonds. The lowest BCUT2D eigenvalue weighted by Crippen LogP contribution is -2.13. The highest BCUT2D eigenvalue weighted by Crippen LogP contribution is 2.33. The smallest absolute Gasteiger partial charge is 0.163 e. The summed E-state index contributed by atoms with van der Waals surface area (Å²) in [4.78, 5) is 4.74. The van der Waals surface area contributed by atoms with Gasteiger partial charge in [-0.25, -0.2) is 4.98 Å². The van der Waals surface area contributed by atoms with Gasteiger partial charge in [0.1, 0.15) is 5.82 Å². The van der Waals surface area contributed by atoms with Crippen LogP contribution in [-0.2, 0) is 6.54 Å². The van der Waals surface area contributed by atoms with E-state index in [0.29, 0.717) is 5.75 Å². The summed E-state index contributed by atoms with van der Waals surface area (Å²) in [6.07, 6.45) is 9.03. The molecule has 2 aromatic rings. The van der Waals surface area contributed by atoms with Crippen LogP contribution in [0.2, 0.25) is 0 Å². The Balaban J connectivity index is 2.14. The van der Waals surface area contributed by atoms with Gasteiger partial charge < -0.3 is 19.8 Å². The molecule has 25 heavy (non-hydrogen) atoms. The Bertz CT molecular complexity index is 664. The first-order valence-electron chi connectivity index (χ1n) is 9.50. The van der Waals surface area contributed by atoms with Crippen molar-refractivity contribution < 1.29 is 9.47 Å². The lowest BCUT2D eigenvalue weighted by Gasteiger charge is -2.12. The van der Waals surface area contributed by atoms with E-state index in [1.807, 2.05) is 19.1 Å². The summed E-state index contributed by atoms with van der Waals surface area (Å²) >= 11 is 0. The summed E-state index contributed by atoms with van der Waals surface area (Å²) in [5, 5.41) is 0. The van der Waals surface area contributed by atoms with Crippen molar-refractivity contribution in [2.75, 3.05) is 14.2 Å². The van der Waals surface area contributed by atoms with E-state index >= 15 is 0 Å². The number of ether oxygens (including phenoxy) is 2. The van der Waals surface area contributed by atoms with Crippen molar-refractivity contribution in [3.8, 4) is 11.5 Å². The Morgan fingerprint density at radius 3 is 2.20 bits per heavy atom. The van der Waals surface area contributed by atoms with Crippen LogP contribution in [0.15, 0.2) is 12.1 Å². The van der Waals surface area contributed by atoms with Crippen molar-refractivity contribution >= 4 is 11.0 Å². The van der Waals surface area contributed by atoms with Gasteiger partial charge in [0, 0.05) is 18.7 Å². The zero-order chi connectivity index (χ0) is 18.2. The molecule has 1 unspecified atom stereocenters. The van der Waals surface area contributed by atoms with Crippen molar-refractivity contribution in [2.24, 2.45) is 5.73 Å². The SMILES string of the molecule is CCCCCCCCCn1c(C(C)N)nc2cc(OC)c(OC)cc21. The molecule has 0 spiro atoms. The van der Waals surface area contributed by atoms with Crippen LogP contribution in [0.1, 0.15) is 70.7 Å². The predicted molar refractivity (Wildman–Crippen MR) is 103 cm³/mol. The molecule has 0 radical (unpaired) electrons. The molecule has 1 aromatic heterocycles. The van der Waals surface area contributed by atoms with Gasteiger partial charge in [-0.1, -0.05) is 45.4 Å². The fourth-order valence-electron chi connectivity index (χ4n) is 3.28. The minimum absolute atomic E-state index is 0.103. The summed E-state index contributed by atoms with van der Waals surface area (Å²) in [5.74, 6) is 2.36. The van der Waals surface area contributed by atoms with Gasteiger partial charge in [0.15, 0.2) is 11.5 Å². The maximum Gasteiger partial charge on any atom is 0.163 e. The number of imidazole rings is 1. The van der Waals surface area contributed by atoms with Gasteiger partial charge in [0.2, 0.25) is 0 Å². The third-order valence-corrected chi connectivity index (χ3v) is 4.68. The monoisotopic (exact) mass is 347 g/mol. The Hall–Kier alpha value is -1.75. The minimum Gasteiger partial charge on any atom is -0.493 e. The van der Waals surface area contributed by atoms with Crippen LogP contribution in [0.25, 0.3) is 11.0 Å². The molecule has 1 atom stereocenters. The number of unbranched alkanes of at least 4 members (excludes halogenated alkanes) is 6. The summed E-state index contributed by atoms with van der Waals surface area (Å²) in [6.45, 7) is 5.18. The number of methoxy groups -OCH3 is 2. The van der Waals surface area contributed by atoms with Gasteiger partial charge in [-0.3, -0.25) is 0 Å². The average molecular weight is 348 g/mol. The molecular weight excluding hydrogens is 314 g/mol. The van der Waals surface area contributed by atoms with Crippen LogP contribution in [0.4, 0.5) is 0 Å². The molecule has 140 valence electrons. The summed E-state index contributed by atoms with van der Waals surface area (Å²) in [6, 6.07) is 3.84. The molecule has 5 nitrogen and oxygen atoms in total. The largest absolute Gasteiger partial charge is 0.493 e. The van der Waals surface area contributed by atoms with Crippen LogP contribution in [0, 0.1) is 0 Å². The molecule has 2 rings (SSSR count). The lowest BCUT2D eigenvalue weighted by molar-refractivity contribution is 0.355. The number of fused-ring (bicyclic) bond motifs is 1. The molecule has 0 aliphatic heterocycles. The number of benzene rings is 1. The second kappa shape index (κ2) is 9.66. The van der Waals surface area contributed by atoms with Crippen LogP contribution >= 0.6 is 0 Å². The highest BCUT2D eigenvalue weighted by atomic mass is 16.5. The van der Waals surface area contributed by atoms with Crippen molar-refractivity contribution in [2.45, 2.75) is 71.4 Å². The Morgan fingerprint density at radius 1 is 1.00 bits per heavy atom. The normalized spacial score (nSPS) is 12.5.